The standard InChI is InChI=1S/C15H20BrFO/c1-9-3-4-11(7-10(9)2)15(18)13-8-12(17)5-6-14(13)16/h5-6,8-11,15,18H,3-4,7H2,1-2H3. The summed E-state index contributed by atoms with van der Waals surface area (Å²) in [6.07, 6.45) is 2.63. The number of hydrogen-bond donors (Lipinski definition) is 1. The Balaban J connectivity index is 2.16. The number of rotatable bonds is 2. The van der Waals surface area contributed by atoms with E-state index in [0.29, 0.717) is 11.5 Å². The van der Waals surface area contributed by atoms with Crippen LogP contribution in [0.2, 0.25) is 0 Å². The first-order chi connectivity index (χ1) is 8.49. The fourth-order valence-electron chi connectivity index (χ4n) is 2.87. The highest BCUT2D eigenvalue weighted by molar-refractivity contribution is 9.10. The van der Waals surface area contributed by atoms with Crippen LogP contribution < -0.4 is 0 Å². The molecule has 100 valence electrons. The average molecular weight is 315 g/mol. The molecular weight excluding hydrogens is 295 g/mol. The van der Waals surface area contributed by atoms with Crippen molar-refractivity contribution in [2.45, 2.75) is 39.2 Å². The van der Waals surface area contributed by atoms with Crippen LogP contribution in [-0.2, 0) is 0 Å². The van der Waals surface area contributed by atoms with Gasteiger partial charge in [0.15, 0.2) is 0 Å². The third kappa shape index (κ3) is 2.94. The molecule has 0 saturated heterocycles. The second-order valence-corrected chi connectivity index (χ2v) is 6.49. The van der Waals surface area contributed by atoms with Gasteiger partial charge in [0.25, 0.3) is 0 Å². The van der Waals surface area contributed by atoms with Crippen LogP contribution in [0.5, 0.6) is 0 Å². The lowest BCUT2D eigenvalue weighted by Gasteiger charge is -2.35. The van der Waals surface area contributed by atoms with Gasteiger partial charge in [0, 0.05) is 4.47 Å². The summed E-state index contributed by atoms with van der Waals surface area (Å²) in [6.45, 7) is 4.51. The van der Waals surface area contributed by atoms with Crippen molar-refractivity contribution in [3.63, 3.8) is 0 Å². The molecule has 0 heterocycles. The summed E-state index contributed by atoms with van der Waals surface area (Å²) in [7, 11) is 0. The molecule has 18 heavy (non-hydrogen) atoms. The average Bonchev–Trinajstić information content (AvgIpc) is 2.35. The molecule has 1 N–H and O–H groups in total. The first-order valence-corrected chi connectivity index (χ1v) is 7.41. The Morgan fingerprint density at radius 1 is 1.28 bits per heavy atom. The summed E-state index contributed by atoms with van der Waals surface area (Å²) in [5.74, 6) is 1.31. The molecule has 2 rings (SSSR count). The maximum Gasteiger partial charge on any atom is 0.123 e. The van der Waals surface area contributed by atoms with Gasteiger partial charge in [-0.3, -0.25) is 0 Å². The van der Waals surface area contributed by atoms with Gasteiger partial charge in [0.2, 0.25) is 0 Å². The number of aliphatic hydroxyl groups is 1. The van der Waals surface area contributed by atoms with E-state index in [2.05, 4.69) is 29.8 Å². The molecule has 3 heteroatoms. The first-order valence-electron chi connectivity index (χ1n) is 6.62. The molecule has 1 saturated carbocycles. The Bertz CT molecular complexity index is 421. The van der Waals surface area contributed by atoms with Crippen molar-refractivity contribution >= 4 is 15.9 Å². The van der Waals surface area contributed by atoms with Gasteiger partial charge in [0.05, 0.1) is 6.10 Å². The van der Waals surface area contributed by atoms with Gasteiger partial charge in [-0.1, -0.05) is 36.2 Å². The summed E-state index contributed by atoms with van der Waals surface area (Å²) in [5, 5.41) is 10.5. The highest BCUT2D eigenvalue weighted by Gasteiger charge is 2.30. The minimum absolute atomic E-state index is 0.245. The van der Waals surface area contributed by atoms with E-state index in [4.69, 9.17) is 0 Å². The topological polar surface area (TPSA) is 20.2 Å². The van der Waals surface area contributed by atoms with Crippen LogP contribution in [0.25, 0.3) is 0 Å². The lowest BCUT2D eigenvalue weighted by Crippen LogP contribution is -2.25. The second kappa shape index (κ2) is 5.70. The minimum atomic E-state index is -0.565. The molecule has 0 bridgehead atoms. The molecule has 0 spiro atoms. The van der Waals surface area contributed by atoms with Gasteiger partial charge in [-0.05, 0) is 54.4 Å². The highest BCUT2D eigenvalue weighted by Crippen LogP contribution is 2.41. The lowest BCUT2D eigenvalue weighted by atomic mass is 9.73. The first kappa shape index (κ1) is 14.0. The van der Waals surface area contributed by atoms with Crippen molar-refractivity contribution in [2.24, 2.45) is 17.8 Å². The van der Waals surface area contributed by atoms with Crippen LogP contribution in [0.15, 0.2) is 22.7 Å². The summed E-state index contributed by atoms with van der Waals surface area (Å²) >= 11 is 3.40. The van der Waals surface area contributed by atoms with Gasteiger partial charge in [-0.25, -0.2) is 4.39 Å². The minimum Gasteiger partial charge on any atom is -0.388 e. The lowest BCUT2D eigenvalue weighted by molar-refractivity contribution is 0.0554. The number of aliphatic hydroxyl groups excluding tert-OH is 1. The van der Waals surface area contributed by atoms with Gasteiger partial charge >= 0.3 is 0 Å². The Morgan fingerprint density at radius 3 is 2.67 bits per heavy atom. The Kier molecular flexibility index (Phi) is 4.44. The van der Waals surface area contributed by atoms with Crippen LogP contribution in [0.1, 0.15) is 44.8 Å². The molecule has 1 aromatic carbocycles. The quantitative estimate of drug-likeness (QED) is 0.839. The van der Waals surface area contributed by atoms with Crippen molar-refractivity contribution in [1.29, 1.82) is 0 Å². The van der Waals surface area contributed by atoms with Gasteiger partial charge in [-0.15, -0.1) is 0 Å². The van der Waals surface area contributed by atoms with Crippen molar-refractivity contribution in [3.8, 4) is 0 Å². The smallest absolute Gasteiger partial charge is 0.123 e. The third-order valence-corrected chi connectivity index (χ3v) is 5.08. The van der Waals surface area contributed by atoms with Gasteiger partial charge in [0.1, 0.15) is 5.82 Å². The van der Waals surface area contributed by atoms with E-state index >= 15 is 0 Å². The maximum absolute atomic E-state index is 13.3. The molecule has 1 fully saturated rings. The monoisotopic (exact) mass is 314 g/mol. The summed E-state index contributed by atoms with van der Waals surface area (Å²) in [5.41, 5.74) is 0.682. The second-order valence-electron chi connectivity index (χ2n) is 5.64. The highest BCUT2D eigenvalue weighted by atomic mass is 79.9. The van der Waals surface area contributed by atoms with E-state index in [1.165, 1.54) is 12.1 Å². The van der Waals surface area contributed by atoms with Crippen molar-refractivity contribution in [3.05, 3.63) is 34.1 Å². The zero-order valence-electron chi connectivity index (χ0n) is 10.9. The number of benzene rings is 1. The van der Waals surface area contributed by atoms with Crippen LogP contribution in [-0.4, -0.2) is 5.11 Å². The number of hydrogen-bond acceptors (Lipinski definition) is 1. The van der Waals surface area contributed by atoms with E-state index < -0.39 is 6.10 Å². The molecule has 4 unspecified atom stereocenters. The van der Waals surface area contributed by atoms with Gasteiger partial charge in [-0.2, -0.15) is 0 Å². The van der Waals surface area contributed by atoms with Crippen LogP contribution in [0.4, 0.5) is 4.39 Å². The predicted octanol–water partition coefficient (Wildman–Crippen LogP) is 4.69. The maximum atomic E-state index is 13.3. The molecular formula is C15H20BrFO. The molecule has 1 nitrogen and oxygen atoms in total. The van der Waals surface area contributed by atoms with E-state index in [0.717, 1.165) is 29.7 Å². The summed E-state index contributed by atoms with van der Waals surface area (Å²) < 4.78 is 14.1. The predicted molar refractivity (Wildman–Crippen MR) is 74.7 cm³/mol. The zero-order valence-corrected chi connectivity index (χ0v) is 12.5. The third-order valence-electron chi connectivity index (χ3n) is 4.36. The fraction of sp³-hybridized carbons (Fsp3) is 0.600. The van der Waals surface area contributed by atoms with Crippen molar-refractivity contribution in [2.75, 3.05) is 0 Å². The molecule has 0 radical (unpaired) electrons. The van der Waals surface area contributed by atoms with E-state index in [9.17, 15) is 9.50 Å². The van der Waals surface area contributed by atoms with E-state index in [-0.39, 0.29) is 11.7 Å². The molecule has 0 aliphatic heterocycles. The molecule has 1 aliphatic rings. The van der Waals surface area contributed by atoms with Crippen molar-refractivity contribution in [1.82, 2.24) is 0 Å². The fourth-order valence-corrected chi connectivity index (χ4v) is 3.35. The SMILES string of the molecule is CC1CCC(C(O)c2cc(F)ccc2Br)CC1C. The molecule has 0 amide bonds. The molecule has 4 atom stereocenters. The molecule has 1 aliphatic carbocycles. The number of halogens is 2. The Morgan fingerprint density at radius 2 is 2.00 bits per heavy atom. The largest absolute Gasteiger partial charge is 0.388 e. The van der Waals surface area contributed by atoms with Crippen LogP contribution in [0, 0.1) is 23.6 Å². The molecule has 1 aromatic rings. The Hall–Kier alpha value is -0.410. The van der Waals surface area contributed by atoms with Crippen LogP contribution >= 0.6 is 15.9 Å². The summed E-state index contributed by atoms with van der Waals surface area (Å²) in [4.78, 5) is 0. The zero-order chi connectivity index (χ0) is 13.3. The van der Waals surface area contributed by atoms with Gasteiger partial charge < -0.3 is 5.11 Å². The Labute approximate surface area is 117 Å². The van der Waals surface area contributed by atoms with Crippen molar-refractivity contribution < 1.29 is 9.50 Å². The molecule has 0 aromatic heterocycles. The van der Waals surface area contributed by atoms with Crippen LogP contribution in [0.3, 0.4) is 0 Å². The van der Waals surface area contributed by atoms with E-state index in [1.807, 2.05) is 0 Å². The van der Waals surface area contributed by atoms with E-state index in [1.54, 1.807) is 6.07 Å². The normalized spacial score (nSPS) is 30.2. The summed E-state index contributed by atoms with van der Waals surface area (Å²) in [6, 6.07) is 4.52.